The smallest absolute Gasteiger partial charge is 0.246 e. The molecule has 0 aliphatic rings. The monoisotopic (exact) mass is 336 g/mol. The molecule has 2 rings (SSSR count). The first-order valence-electron chi connectivity index (χ1n) is 7.19. The molecule has 2 N–H and O–H groups in total. The summed E-state index contributed by atoms with van der Waals surface area (Å²) in [5, 5.41) is 5.38. The van der Waals surface area contributed by atoms with Crippen molar-refractivity contribution >= 4 is 17.3 Å². The summed E-state index contributed by atoms with van der Waals surface area (Å²) in [6, 6.07) is 7.40. The standard InChI is InChI=1S/C17H18F2N2O3/c1-10(17(22)21-14-6-4-11(18)8-13(14)19)20-12-5-7-15(23-2)16(9-12)24-3/h4-10,20H,1-3H3,(H,21,22). The molecule has 0 saturated heterocycles. The van der Waals surface area contributed by atoms with Crippen LogP contribution >= 0.6 is 0 Å². The molecular formula is C17H18F2N2O3. The van der Waals surface area contributed by atoms with E-state index in [9.17, 15) is 13.6 Å². The number of halogens is 2. The zero-order valence-corrected chi connectivity index (χ0v) is 13.5. The highest BCUT2D eigenvalue weighted by Gasteiger charge is 2.16. The minimum absolute atomic E-state index is 0.0811. The highest BCUT2D eigenvalue weighted by molar-refractivity contribution is 5.96. The number of hydrogen-bond donors (Lipinski definition) is 2. The Kier molecular flexibility index (Phi) is 5.57. The van der Waals surface area contributed by atoms with Crippen molar-refractivity contribution in [2.24, 2.45) is 0 Å². The third kappa shape index (κ3) is 4.13. The fraction of sp³-hybridized carbons (Fsp3) is 0.235. The largest absolute Gasteiger partial charge is 0.493 e. The molecule has 0 bridgehead atoms. The zero-order chi connectivity index (χ0) is 17.7. The van der Waals surface area contributed by atoms with Crippen molar-refractivity contribution in [2.75, 3.05) is 24.9 Å². The molecule has 2 aromatic rings. The molecule has 24 heavy (non-hydrogen) atoms. The van der Waals surface area contributed by atoms with E-state index in [1.165, 1.54) is 20.3 Å². The summed E-state index contributed by atoms with van der Waals surface area (Å²) in [6.07, 6.45) is 0. The predicted molar refractivity (Wildman–Crippen MR) is 87.6 cm³/mol. The summed E-state index contributed by atoms with van der Waals surface area (Å²) in [5.41, 5.74) is 0.553. The molecule has 0 spiro atoms. The molecular weight excluding hydrogens is 318 g/mol. The Morgan fingerprint density at radius 2 is 1.75 bits per heavy atom. The van der Waals surface area contributed by atoms with Crippen LogP contribution < -0.4 is 20.1 Å². The maximum Gasteiger partial charge on any atom is 0.246 e. The van der Waals surface area contributed by atoms with Crippen molar-refractivity contribution < 1.29 is 23.0 Å². The third-order valence-corrected chi connectivity index (χ3v) is 3.35. The van der Waals surface area contributed by atoms with E-state index in [2.05, 4.69) is 10.6 Å². The Balaban J connectivity index is 2.06. The van der Waals surface area contributed by atoms with E-state index in [0.717, 1.165) is 6.07 Å². The quantitative estimate of drug-likeness (QED) is 0.849. The second-order valence-electron chi connectivity index (χ2n) is 5.05. The normalized spacial score (nSPS) is 11.5. The van der Waals surface area contributed by atoms with E-state index in [-0.39, 0.29) is 5.69 Å². The molecule has 0 heterocycles. The van der Waals surface area contributed by atoms with Gasteiger partial charge in [0, 0.05) is 17.8 Å². The average molecular weight is 336 g/mol. The SMILES string of the molecule is COc1ccc(NC(C)C(=O)Nc2ccc(F)cc2F)cc1OC. The summed E-state index contributed by atoms with van der Waals surface area (Å²) in [5.74, 6) is -0.924. The lowest BCUT2D eigenvalue weighted by atomic mass is 10.2. The van der Waals surface area contributed by atoms with Crippen LogP contribution in [0.15, 0.2) is 36.4 Å². The van der Waals surface area contributed by atoms with Crippen LogP contribution in [0.1, 0.15) is 6.92 Å². The summed E-state index contributed by atoms with van der Waals surface area (Å²) in [7, 11) is 3.04. The maximum absolute atomic E-state index is 13.6. The molecule has 128 valence electrons. The first kappa shape index (κ1) is 17.5. The van der Waals surface area contributed by atoms with E-state index >= 15 is 0 Å². The van der Waals surface area contributed by atoms with Gasteiger partial charge in [-0.1, -0.05) is 0 Å². The van der Waals surface area contributed by atoms with E-state index in [1.807, 2.05) is 0 Å². The number of carbonyl (C=O) groups excluding carboxylic acids is 1. The Morgan fingerprint density at radius 3 is 2.38 bits per heavy atom. The van der Waals surface area contributed by atoms with Gasteiger partial charge >= 0.3 is 0 Å². The van der Waals surface area contributed by atoms with Crippen molar-refractivity contribution in [2.45, 2.75) is 13.0 Å². The van der Waals surface area contributed by atoms with E-state index < -0.39 is 23.6 Å². The van der Waals surface area contributed by atoms with Gasteiger partial charge in [-0.25, -0.2) is 8.78 Å². The van der Waals surface area contributed by atoms with Crippen molar-refractivity contribution in [3.8, 4) is 11.5 Å². The first-order valence-corrected chi connectivity index (χ1v) is 7.19. The minimum atomic E-state index is -0.832. The molecule has 0 radical (unpaired) electrons. The van der Waals surface area contributed by atoms with Crippen molar-refractivity contribution in [3.63, 3.8) is 0 Å². The van der Waals surface area contributed by atoms with Crippen LogP contribution in [0.3, 0.4) is 0 Å². The lowest BCUT2D eigenvalue weighted by Crippen LogP contribution is -2.32. The lowest BCUT2D eigenvalue weighted by Gasteiger charge is -2.17. The second-order valence-corrected chi connectivity index (χ2v) is 5.05. The van der Waals surface area contributed by atoms with Crippen molar-refractivity contribution in [1.82, 2.24) is 0 Å². The molecule has 0 aromatic heterocycles. The highest BCUT2D eigenvalue weighted by Crippen LogP contribution is 2.30. The van der Waals surface area contributed by atoms with Gasteiger partial charge in [0.05, 0.1) is 19.9 Å². The van der Waals surface area contributed by atoms with Gasteiger partial charge in [0.15, 0.2) is 11.5 Å². The fourth-order valence-corrected chi connectivity index (χ4v) is 2.07. The molecule has 1 unspecified atom stereocenters. The van der Waals surface area contributed by atoms with Crippen LogP contribution in [-0.2, 0) is 4.79 Å². The molecule has 2 aromatic carbocycles. The van der Waals surface area contributed by atoms with E-state index in [4.69, 9.17) is 9.47 Å². The number of anilines is 2. The topological polar surface area (TPSA) is 59.6 Å². The molecule has 0 aliphatic carbocycles. The number of methoxy groups -OCH3 is 2. The Bertz CT molecular complexity index is 738. The Hall–Kier alpha value is -2.83. The Morgan fingerprint density at radius 1 is 1.04 bits per heavy atom. The summed E-state index contributed by atoms with van der Waals surface area (Å²) in [6.45, 7) is 1.62. The molecule has 0 fully saturated rings. The van der Waals surface area contributed by atoms with Crippen LogP contribution in [0.5, 0.6) is 11.5 Å². The summed E-state index contributed by atoms with van der Waals surface area (Å²) < 4.78 is 36.8. The van der Waals surface area contributed by atoms with Crippen molar-refractivity contribution in [3.05, 3.63) is 48.0 Å². The Labute approximate surface area is 138 Å². The van der Waals surface area contributed by atoms with Crippen LogP contribution in [0, 0.1) is 11.6 Å². The number of hydrogen-bond acceptors (Lipinski definition) is 4. The number of carbonyl (C=O) groups is 1. The van der Waals surface area contributed by atoms with Gasteiger partial charge in [0.2, 0.25) is 5.91 Å². The number of benzene rings is 2. The maximum atomic E-state index is 13.6. The van der Waals surface area contributed by atoms with Crippen molar-refractivity contribution in [1.29, 1.82) is 0 Å². The van der Waals surface area contributed by atoms with E-state index in [1.54, 1.807) is 25.1 Å². The fourth-order valence-electron chi connectivity index (χ4n) is 2.07. The zero-order valence-electron chi connectivity index (χ0n) is 13.5. The van der Waals surface area contributed by atoms with Gasteiger partial charge in [0.1, 0.15) is 17.7 Å². The van der Waals surface area contributed by atoms with Gasteiger partial charge in [-0.05, 0) is 31.2 Å². The highest BCUT2D eigenvalue weighted by atomic mass is 19.1. The molecule has 5 nitrogen and oxygen atoms in total. The second kappa shape index (κ2) is 7.63. The molecule has 1 amide bonds. The van der Waals surface area contributed by atoms with Crippen LogP contribution in [0.2, 0.25) is 0 Å². The average Bonchev–Trinajstić information content (AvgIpc) is 2.57. The minimum Gasteiger partial charge on any atom is -0.493 e. The van der Waals surface area contributed by atoms with Gasteiger partial charge in [0.25, 0.3) is 0 Å². The lowest BCUT2D eigenvalue weighted by molar-refractivity contribution is -0.116. The van der Waals surface area contributed by atoms with Gasteiger partial charge in [-0.3, -0.25) is 4.79 Å². The predicted octanol–water partition coefficient (Wildman–Crippen LogP) is 3.42. The molecule has 0 aliphatic heterocycles. The van der Waals surface area contributed by atoms with Gasteiger partial charge < -0.3 is 20.1 Å². The van der Waals surface area contributed by atoms with E-state index in [0.29, 0.717) is 23.3 Å². The summed E-state index contributed by atoms with van der Waals surface area (Å²) in [4.78, 5) is 12.1. The van der Waals surface area contributed by atoms with Crippen LogP contribution in [-0.4, -0.2) is 26.2 Å². The third-order valence-electron chi connectivity index (χ3n) is 3.35. The number of rotatable bonds is 6. The first-order chi connectivity index (χ1) is 11.4. The molecule has 7 heteroatoms. The number of ether oxygens (including phenoxy) is 2. The van der Waals surface area contributed by atoms with Gasteiger partial charge in [-0.15, -0.1) is 0 Å². The number of amides is 1. The van der Waals surface area contributed by atoms with Gasteiger partial charge in [-0.2, -0.15) is 0 Å². The molecule has 1 atom stereocenters. The number of nitrogens with one attached hydrogen (secondary N) is 2. The molecule has 0 saturated carbocycles. The van der Waals surface area contributed by atoms with Crippen LogP contribution in [0.4, 0.5) is 20.2 Å². The van der Waals surface area contributed by atoms with Crippen LogP contribution in [0.25, 0.3) is 0 Å². The summed E-state index contributed by atoms with van der Waals surface area (Å²) >= 11 is 0.